The van der Waals surface area contributed by atoms with Crippen LogP contribution in [-0.4, -0.2) is 44.9 Å². The molecule has 3 atom stereocenters. The van der Waals surface area contributed by atoms with Crippen LogP contribution in [-0.2, 0) is 14.8 Å². The van der Waals surface area contributed by atoms with E-state index in [1.807, 2.05) is 42.2 Å². The molecule has 2 aliphatic rings. The number of para-hydroxylation sites is 2. The van der Waals surface area contributed by atoms with E-state index in [0.717, 1.165) is 11.3 Å². The van der Waals surface area contributed by atoms with Gasteiger partial charge in [-0.2, -0.15) is 0 Å². The van der Waals surface area contributed by atoms with Gasteiger partial charge < -0.3 is 19.5 Å². The number of nitrogens with zero attached hydrogens (tertiary/aromatic N) is 1. The van der Waals surface area contributed by atoms with Gasteiger partial charge in [-0.25, -0.2) is 13.1 Å². The van der Waals surface area contributed by atoms with E-state index in [1.165, 1.54) is 0 Å². The third-order valence-corrected chi connectivity index (χ3v) is 7.63. The lowest BCUT2D eigenvalue weighted by atomic mass is 9.98. The molecule has 1 saturated heterocycles. The lowest BCUT2D eigenvalue weighted by Gasteiger charge is -2.44. The lowest BCUT2D eigenvalue weighted by molar-refractivity contribution is -0.0244. The summed E-state index contributed by atoms with van der Waals surface area (Å²) in [4.78, 5) is 2.07. The Kier molecular flexibility index (Phi) is 5.80. The van der Waals surface area contributed by atoms with Crippen molar-refractivity contribution in [3.8, 4) is 11.5 Å². The Morgan fingerprint density at radius 2 is 1.73 bits per heavy atom. The van der Waals surface area contributed by atoms with E-state index in [-0.39, 0.29) is 18.1 Å². The maximum atomic E-state index is 12.9. The van der Waals surface area contributed by atoms with Crippen molar-refractivity contribution < 1.29 is 23.0 Å². The fraction of sp³-hybridized carbons (Fsp3) is 0.250. The van der Waals surface area contributed by atoms with Crippen LogP contribution in [0.5, 0.6) is 11.5 Å². The summed E-state index contributed by atoms with van der Waals surface area (Å²) in [5.74, 6) is 1.16. The average Bonchev–Trinajstić information content (AvgIpc) is 2.79. The number of anilines is 2. The van der Waals surface area contributed by atoms with Crippen molar-refractivity contribution in [2.24, 2.45) is 0 Å². The summed E-state index contributed by atoms with van der Waals surface area (Å²) in [6.45, 7) is 2.15. The molecule has 2 N–H and O–H groups in total. The highest BCUT2D eigenvalue weighted by Crippen LogP contribution is 2.49. The topological polar surface area (TPSA) is 88.1 Å². The van der Waals surface area contributed by atoms with E-state index in [2.05, 4.69) is 4.72 Å². The second-order valence-electron chi connectivity index (χ2n) is 8.19. The van der Waals surface area contributed by atoms with Crippen molar-refractivity contribution in [2.75, 3.05) is 18.1 Å². The summed E-state index contributed by atoms with van der Waals surface area (Å²) < 4.78 is 40.3. The van der Waals surface area contributed by atoms with Crippen LogP contribution in [0, 0.1) is 6.92 Å². The van der Waals surface area contributed by atoms with Crippen LogP contribution in [0.15, 0.2) is 71.6 Å². The minimum absolute atomic E-state index is 0.0578. The first-order chi connectivity index (χ1) is 15.8. The fourth-order valence-corrected chi connectivity index (χ4v) is 5.61. The van der Waals surface area contributed by atoms with E-state index >= 15 is 0 Å². The van der Waals surface area contributed by atoms with Gasteiger partial charge in [0.2, 0.25) is 10.0 Å². The van der Waals surface area contributed by atoms with E-state index in [4.69, 9.17) is 21.1 Å². The van der Waals surface area contributed by atoms with Crippen LogP contribution < -0.4 is 14.4 Å². The average molecular weight is 487 g/mol. The number of nitrogens with one attached hydrogen (secondary N) is 1. The van der Waals surface area contributed by atoms with E-state index in [1.54, 1.807) is 36.4 Å². The molecule has 7 nitrogen and oxygen atoms in total. The van der Waals surface area contributed by atoms with Crippen LogP contribution in [0.1, 0.15) is 5.56 Å². The molecule has 0 spiro atoms. The van der Waals surface area contributed by atoms with E-state index < -0.39 is 28.2 Å². The standard InChI is InChI=1S/C24H23ClN2O5S/c1-15-6-9-17(10-7-15)33(29,30)26-18-13-31-14-21(24(18)28)27-19-4-2-3-5-22(19)32-23-12-16(25)8-11-20(23)27/h2-12,18,21,24,26,28H,13-14H2,1H3/t18-,21+,24+/m1/s1. The number of aliphatic hydroxyl groups excluding tert-OH is 1. The molecule has 1 fully saturated rings. The largest absolute Gasteiger partial charge is 0.453 e. The Labute approximate surface area is 197 Å². The van der Waals surface area contributed by atoms with Crippen molar-refractivity contribution >= 4 is 33.0 Å². The van der Waals surface area contributed by atoms with Gasteiger partial charge in [-0.1, -0.05) is 41.4 Å². The van der Waals surface area contributed by atoms with Crippen LogP contribution in [0.2, 0.25) is 5.02 Å². The molecule has 172 valence electrons. The first-order valence-corrected chi connectivity index (χ1v) is 12.4. The van der Waals surface area contributed by atoms with Gasteiger partial charge in [-0.3, -0.25) is 0 Å². The Bertz CT molecular complexity index is 1280. The molecule has 0 unspecified atom stereocenters. The molecule has 0 aliphatic carbocycles. The number of sulfonamides is 1. The second-order valence-corrected chi connectivity index (χ2v) is 10.3. The van der Waals surface area contributed by atoms with Crippen LogP contribution in [0.3, 0.4) is 0 Å². The molecule has 5 rings (SSSR count). The smallest absolute Gasteiger partial charge is 0.240 e. The minimum Gasteiger partial charge on any atom is -0.453 e. The van der Waals surface area contributed by atoms with Crippen molar-refractivity contribution in [1.82, 2.24) is 4.72 Å². The zero-order valence-corrected chi connectivity index (χ0v) is 19.4. The number of halogens is 1. The van der Waals surface area contributed by atoms with Gasteiger partial charge in [0.15, 0.2) is 11.5 Å². The van der Waals surface area contributed by atoms with Gasteiger partial charge in [0.1, 0.15) is 0 Å². The lowest BCUT2D eigenvalue weighted by Crippen LogP contribution is -2.60. The number of hydrogen-bond donors (Lipinski definition) is 2. The molecule has 0 aromatic heterocycles. The van der Waals surface area contributed by atoms with Gasteiger partial charge >= 0.3 is 0 Å². The van der Waals surface area contributed by atoms with Crippen molar-refractivity contribution in [2.45, 2.75) is 30.0 Å². The zero-order valence-electron chi connectivity index (χ0n) is 17.8. The molecule has 0 saturated carbocycles. The third kappa shape index (κ3) is 4.20. The number of aryl methyl sites for hydroxylation is 1. The Hall–Kier alpha value is -2.62. The predicted octanol–water partition coefficient (Wildman–Crippen LogP) is 4.00. The summed E-state index contributed by atoms with van der Waals surface area (Å²) in [7, 11) is -3.84. The summed E-state index contributed by atoms with van der Waals surface area (Å²) in [6, 6.07) is 17.9. The number of rotatable bonds is 4. The highest BCUT2D eigenvalue weighted by molar-refractivity contribution is 7.89. The molecule has 33 heavy (non-hydrogen) atoms. The summed E-state index contributed by atoms with van der Waals surface area (Å²) >= 11 is 6.18. The molecule has 3 aromatic carbocycles. The van der Waals surface area contributed by atoms with Gasteiger partial charge in [0, 0.05) is 11.1 Å². The predicted molar refractivity (Wildman–Crippen MR) is 126 cm³/mol. The second kappa shape index (κ2) is 8.62. The molecule has 9 heteroatoms. The number of aliphatic hydroxyl groups is 1. The SMILES string of the molecule is Cc1ccc(S(=O)(=O)N[C@@H]2COC[C@H](N3c4ccccc4Oc4cc(Cl)ccc43)[C@H]2O)cc1. The maximum Gasteiger partial charge on any atom is 0.240 e. The highest BCUT2D eigenvalue weighted by atomic mass is 35.5. The Morgan fingerprint density at radius 1 is 1.00 bits per heavy atom. The van der Waals surface area contributed by atoms with Gasteiger partial charge in [0.05, 0.1) is 47.7 Å². The van der Waals surface area contributed by atoms with Crippen LogP contribution in [0.25, 0.3) is 0 Å². The van der Waals surface area contributed by atoms with Crippen molar-refractivity contribution in [3.63, 3.8) is 0 Å². The number of ether oxygens (including phenoxy) is 2. The number of benzene rings is 3. The first-order valence-electron chi connectivity index (χ1n) is 10.5. The first kappa shape index (κ1) is 22.2. The van der Waals surface area contributed by atoms with Crippen LogP contribution >= 0.6 is 11.6 Å². The van der Waals surface area contributed by atoms with E-state index in [9.17, 15) is 13.5 Å². The quantitative estimate of drug-likeness (QED) is 0.579. The summed E-state index contributed by atoms with van der Waals surface area (Å²) in [5.41, 5.74) is 2.43. The normalized spacial score (nSPS) is 22.3. The Balaban J connectivity index is 1.48. The van der Waals surface area contributed by atoms with Gasteiger partial charge in [0.25, 0.3) is 0 Å². The molecule has 0 amide bonds. The van der Waals surface area contributed by atoms with Crippen molar-refractivity contribution in [3.05, 3.63) is 77.3 Å². The fourth-order valence-electron chi connectivity index (χ4n) is 4.21. The van der Waals surface area contributed by atoms with Crippen LogP contribution in [0.4, 0.5) is 11.4 Å². The summed E-state index contributed by atoms with van der Waals surface area (Å²) in [5, 5.41) is 11.9. The third-order valence-electron chi connectivity index (χ3n) is 5.89. The maximum absolute atomic E-state index is 12.9. The molecular formula is C24H23ClN2O5S. The van der Waals surface area contributed by atoms with Gasteiger partial charge in [-0.15, -0.1) is 0 Å². The molecule has 3 aromatic rings. The highest BCUT2D eigenvalue weighted by Gasteiger charge is 2.41. The Morgan fingerprint density at radius 3 is 2.52 bits per heavy atom. The minimum atomic E-state index is -3.84. The molecule has 0 radical (unpaired) electrons. The molecule has 2 aliphatic heterocycles. The van der Waals surface area contributed by atoms with Gasteiger partial charge in [-0.05, 0) is 43.3 Å². The van der Waals surface area contributed by atoms with E-state index in [0.29, 0.717) is 22.2 Å². The van der Waals surface area contributed by atoms with Crippen molar-refractivity contribution in [1.29, 1.82) is 0 Å². The zero-order chi connectivity index (χ0) is 23.2. The number of fused-ring (bicyclic) bond motifs is 2. The molecule has 0 bridgehead atoms. The summed E-state index contributed by atoms with van der Waals surface area (Å²) in [6.07, 6.45) is -1.05. The monoisotopic (exact) mass is 486 g/mol. The molecule has 2 heterocycles. The molecular weight excluding hydrogens is 464 g/mol. The number of hydrogen-bond acceptors (Lipinski definition) is 6.